The lowest BCUT2D eigenvalue weighted by atomic mass is 10.2. The fraction of sp³-hybridized carbons (Fsp3) is 0. The molecular weight excluding hydrogens is 168 g/mol. The van der Waals surface area contributed by atoms with Crippen LogP contribution in [0.15, 0.2) is 30.3 Å². The molecule has 0 aliphatic carbocycles. The first-order valence-electron chi connectivity index (χ1n) is 3.70. The topological polar surface area (TPSA) is 60.7 Å². The first-order valence-corrected chi connectivity index (χ1v) is 3.70. The van der Waals surface area contributed by atoms with Gasteiger partial charge in [0.25, 0.3) is 6.41 Å². The highest BCUT2D eigenvalue weighted by Crippen LogP contribution is 2.10. The van der Waals surface area contributed by atoms with Gasteiger partial charge in [-0.25, -0.2) is 0 Å². The summed E-state index contributed by atoms with van der Waals surface area (Å²) in [5, 5.41) is 11.1. The van der Waals surface area contributed by atoms with Gasteiger partial charge in [-0.2, -0.15) is 0 Å². The Bertz CT molecular complexity index is 409. The molecule has 1 aromatic carbocycles. The van der Waals surface area contributed by atoms with Crippen LogP contribution in [0.5, 0.6) is 0 Å². The van der Waals surface area contributed by atoms with Crippen molar-refractivity contribution in [2.75, 3.05) is 0 Å². The van der Waals surface area contributed by atoms with Crippen molar-refractivity contribution in [3.8, 4) is 11.4 Å². The third kappa shape index (κ3) is 1.44. The molecule has 0 saturated heterocycles. The van der Waals surface area contributed by atoms with Crippen molar-refractivity contribution in [3.63, 3.8) is 0 Å². The highest BCUT2D eigenvalue weighted by molar-refractivity contribution is 5.55. The average Bonchev–Trinajstić information content (AvgIpc) is 2.67. The Morgan fingerprint density at radius 3 is 2.62 bits per heavy atom. The number of benzene rings is 1. The Kier molecular flexibility index (Phi) is 1.84. The minimum atomic E-state index is 0.452. The van der Waals surface area contributed by atoms with E-state index in [0.717, 1.165) is 10.4 Å². The molecule has 0 atom stereocenters. The van der Waals surface area contributed by atoms with E-state index in [2.05, 4.69) is 15.4 Å². The van der Waals surface area contributed by atoms with Crippen LogP contribution in [0.25, 0.3) is 11.4 Å². The number of carbonyl (C=O) groups is 1. The van der Waals surface area contributed by atoms with Crippen molar-refractivity contribution in [2.24, 2.45) is 0 Å². The van der Waals surface area contributed by atoms with E-state index in [9.17, 15) is 4.79 Å². The predicted molar refractivity (Wildman–Crippen MR) is 45.4 cm³/mol. The minimum Gasteiger partial charge on any atom is -0.275 e. The zero-order valence-corrected chi connectivity index (χ0v) is 6.66. The van der Waals surface area contributed by atoms with Crippen molar-refractivity contribution >= 4 is 6.41 Å². The Balaban J connectivity index is 2.41. The molecule has 0 N–H and O–H groups in total. The second-order valence-electron chi connectivity index (χ2n) is 2.40. The molecule has 0 bridgehead atoms. The van der Waals surface area contributed by atoms with Gasteiger partial charge in [0.05, 0.1) is 0 Å². The first-order chi connectivity index (χ1) is 6.40. The summed E-state index contributed by atoms with van der Waals surface area (Å²) >= 11 is 0. The van der Waals surface area contributed by atoms with E-state index in [4.69, 9.17) is 0 Å². The number of tetrazole rings is 1. The number of hydrogen-bond donors (Lipinski definition) is 0. The maximum atomic E-state index is 10.2. The second kappa shape index (κ2) is 3.14. The summed E-state index contributed by atoms with van der Waals surface area (Å²) in [5.74, 6) is 0.452. The van der Waals surface area contributed by atoms with Gasteiger partial charge in [-0.15, -0.1) is 10.2 Å². The normalized spacial score (nSPS) is 9.85. The number of hydrogen-bond acceptors (Lipinski definition) is 4. The lowest BCUT2D eigenvalue weighted by molar-refractivity contribution is 0.527. The Morgan fingerprint density at radius 2 is 2.00 bits per heavy atom. The third-order valence-electron chi connectivity index (χ3n) is 1.55. The SMILES string of the molecule is O=Cn1nnc(-c2ccccc2)n1. The summed E-state index contributed by atoms with van der Waals surface area (Å²) in [6, 6.07) is 9.35. The van der Waals surface area contributed by atoms with Gasteiger partial charge in [-0.1, -0.05) is 35.1 Å². The van der Waals surface area contributed by atoms with Crippen molar-refractivity contribution in [1.29, 1.82) is 0 Å². The molecule has 0 amide bonds. The fourth-order valence-corrected chi connectivity index (χ4v) is 0.973. The van der Waals surface area contributed by atoms with Gasteiger partial charge in [-0.05, 0) is 5.21 Å². The van der Waals surface area contributed by atoms with Crippen LogP contribution in [-0.2, 0) is 4.79 Å². The average molecular weight is 174 g/mol. The monoisotopic (exact) mass is 174 g/mol. The smallest absolute Gasteiger partial charge is 0.254 e. The van der Waals surface area contributed by atoms with Crippen LogP contribution in [0.3, 0.4) is 0 Å². The molecule has 2 aromatic rings. The molecule has 64 valence electrons. The van der Waals surface area contributed by atoms with Gasteiger partial charge in [-0.3, -0.25) is 4.79 Å². The van der Waals surface area contributed by atoms with Gasteiger partial charge in [0.15, 0.2) is 0 Å². The third-order valence-corrected chi connectivity index (χ3v) is 1.55. The molecule has 0 unspecified atom stereocenters. The van der Waals surface area contributed by atoms with Crippen LogP contribution >= 0.6 is 0 Å². The van der Waals surface area contributed by atoms with Crippen LogP contribution in [0.4, 0.5) is 0 Å². The molecule has 1 heterocycles. The molecule has 13 heavy (non-hydrogen) atoms. The molecule has 0 aliphatic heterocycles. The van der Waals surface area contributed by atoms with Crippen molar-refractivity contribution in [2.45, 2.75) is 0 Å². The molecular formula is C8H6N4O. The maximum absolute atomic E-state index is 10.2. The van der Waals surface area contributed by atoms with Crippen LogP contribution in [0.1, 0.15) is 0 Å². The number of rotatable bonds is 2. The Morgan fingerprint density at radius 1 is 1.23 bits per heavy atom. The van der Waals surface area contributed by atoms with E-state index in [1.807, 2.05) is 30.3 Å². The summed E-state index contributed by atoms with van der Waals surface area (Å²) in [5.41, 5.74) is 0.843. The summed E-state index contributed by atoms with van der Waals surface area (Å²) in [7, 11) is 0. The number of nitrogens with zero attached hydrogens (tertiary/aromatic N) is 4. The van der Waals surface area contributed by atoms with E-state index >= 15 is 0 Å². The minimum absolute atomic E-state index is 0.452. The molecule has 0 aliphatic rings. The molecule has 0 radical (unpaired) electrons. The fourth-order valence-electron chi connectivity index (χ4n) is 0.973. The molecule has 0 spiro atoms. The van der Waals surface area contributed by atoms with E-state index < -0.39 is 0 Å². The van der Waals surface area contributed by atoms with Gasteiger partial charge in [0.2, 0.25) is 5.82 Å². The zero-order valence-electron chi connectivity index (χ0n) is 6.66. The van der Waals surface area contributed by atoms with Crippen molar-refractivity contribution in [1.82, 2.24) is 20.2 Å². The number of aromatic nitrogens is 4. The van der Waals surface area contributed by atoms with Crippen LogP contribution in [0, 0.1) is 0 Å². The largest absolute Gasteiger partial charge is 0.275 e. The Labute approximate surface area is 74.0 Å². The molecule has 0 fully saturated rings. The lowest BCUT2D eigenvalue weighted by Crippen LogP contribution is -1.98. The maximum Gasteiger partial charge on any atom is 0.254 e. The summed E-state index contributed by atoms with van der Waals surface area (Å²) < 4.78 is 0. The second-order valence-corrected chi connectivity index (χ2v) is 2.40. The first kappa shape index (κ1) is 7.60. The summed E-state index contributed by atoms with van der Waals surface area (Å²) in [6.45, 7) is 0. The van der Waals surface area contributed by atoms with Gasteiger partial charge >= 0.3 is 0 Å². The molecule has 2 rings (SSSR count). The summed E-state index contributed by atoms with van der Waals surface area (Å²) in [6.07, 6.45) is 0.499. The zero-order chi connectivity index (χ0) is 9.10. The highest BCUT2D eigenvalue weighted by atomic mass is 16.1. The molecule has 5 nitrogen and oxygen atoms in total. The Hall–Kier alpha value is -2.04. The van der Waals surface area contributed by atoms with E-state index in [1.165, 1.54) is 0 Å². The van der Waals surface area contributed by atoms with Crippen LogP contribution in [0.2, 0.25) is 0 Å². The molecule has 1 aromatic heterocycles. The van der Waals surface area contributed by atoms with Gasteiger partial charge in [0.1, 0.15) is 0 Å². The highest BCUT2D eigenvalue weighted by Gasteiger charge is 2.02. The van der Waals surface area contributed by atoms with Crippen LogP contribution < -0.4 is 0 Å². The van der Waals surface area contributed by atoms with E-state index in [-0.39, 0.29) is 0 Å². The van der Waals surface area contributed by atoms with Gasteiger partial charge in [0, 0.05) is 5.56 Å². The van der Waals surface area contributed by atoms with E-state index in [0.29, 0.717) is 12.2 Å². The standard InChI is InChI=1S/C8H6N4O/c13-6-12-10-8(9-11-12)7-4-2-1-3-5-7/h1-6H. The summed E-state index contributed by atoms with van der Waals surface area (Å²) in [4.78, 5) is 11.1. The lowest BCUT2D eigenvalue weighted by Gasteiger charge is -1.89. The van der Waals surface area contributed by atoms with Crippen molar-refractivity contribution in [3.05, 3.63) is 30.3 Å². The van der Waals surface area contributed by atoms with Crippen LogP contribution in [-0.4, -0.2) is 26.6 Å². The molecule has 0 saturated carbocycles. The molecule has 5 heteroatoms. The predicted octanol–water partition coefficient (Wildman–Crippen LogP) is 0.378. The number of carbonyl (C=O) groups excluding carboxylic acids is 1. The van der Waals surface area contributed by atoms with Gasteiger partial charge < -0.3 is 0 Å². The van der Waals surface area contributed by atoms with Crippen molar-refractivity contribution < 1.29 is 4.79 Å². The van der Waals surface area contributed by atoms with E-state index in [1.54, 1.807) is 0 Å². The quantitative estimate of drug-likeness (QED) is 0.617.